The Morgan fingerprint density at radius 1 is 1.24 bits per heavy atom. The molecule has 0 atom stereocenters. The first-order valence-electron chi connectivity index (χ1n) is 5.16. The van der Waals surface area contributed by atoms with Gasteiger partial charge in [0.15, 0.2) is 0 Å². The third-order valence-electron chi connectivity index (χ3n) is 2.25. The van der Waals surface area contributed by atoms with E-state index in [4.69, 9.17) is 16.3 Å². The molecule has 88 valence electrons. The molecule has 2 nitrogen and oxygen atoms in total. The lowest BCUT2D eigenvalue weighted by Gasteiger charge is -2.07. The van der Waals surface area contributed by atoms with Gasteiger partial charge < -0.3 is 4.74 Å². The van der Waals surface area contributed by atoms with Crippen molar-refractivity contribution in [2.75, 3.05) is 7.11 Å². The van der Waals surface area contributed by atoms with E-state index >= 15 is 0 Å². The van der Waals surface area contributed by atoms with E-state index in [9.17, 15) is 0 Å². The third kappa shape index (κ3) is 3.38. The molecular formula is C13H12ClNOS. The van der Waals surface area contributed by atoms with E-state index in [0.29, 0.717) is 5.15 Å². The number of aromatic nitrogens is 1. The van der Waals surface area contributed by atoms with Crippen molar-refractivity contribution in [1.82, 2.24) is 4.98 Å². The minimum absolute atomic E-state index is 0.524. The van der Waals surface area contributed by atoms with E-state index in [0.717, 1.165) is 22.0 Å². The number of hydrogen-bond acceptors (Lipinski definition) is 3. The first-order valence-corrected chi connectivity index (χ1v) is 6.52. The van der Waals surface area contributed by atoms with Crippen LogP contribution in [0.1, 0.15) is 5.56 Å². The van der Waals surface area contributed by atoms with Gasteiger partial charge in [-0.2, -0.15) is 0 Å². The molecule has 0 radical (unpaired) electrons. The number of methoxy groups -OCH3 is 1. The maximum atomic E-state index is 5.74. The zero-order valence-corrected chi connectivity index (χ0v) is 11.0. The van der Waals surface area contributed by atoms with Crippen LogP contribution < -0.4 is 4.74 Å². The fourth-order valence-electron chi connectivity index (χ4n) is 1.39. The maximum absolute atomic E-state index is 5.74. The van der Waals surface area contributed by atoms with Crippen molar-refractivity contribution in [2.45, 2.75) is 10.6 Å². The number of thioether (sulfide) groups is 1. The van der Waals surface area contributed by atoms with Crippen LogP contribution in [0, 0.1) is 0 Å². The smallest absolute Gasteiger partial charge is 0.132 e. The Bertz CT molecular complexity index is 487. The number of rotatable bonds is 4. The van der Waals surface area contributed by atoms with Gasteiger partial charge in [-0.3, -0.25) is 0 Å². The Kier molecular flexibility index (Phi) is 4.29. The van der Waals surface area contributed by atoms with Gasteiger partial charge >= 0.3 is 0 Å². The van der Waals surface area contributed by atoms with Gasteiger partial charge in [-0.15, -0.1) is 11.8 Å². The minimum atomic E-state index is 0.524. The summed E-state index contributed by atoms with van der Waals surface area (Å²) >= 11 is 7.46. The summed E-state index contributed by atoms with van der Waals surface area (Å²) in [6.07, 6.45) is 1.80. The largest absolute Gasteiger partial charge is 0.496 e. The van der Waals surface area contributed by atoms with E-state index in [2.05, 4.69) is 4.98 Å². The number of hydrogen-bond donors (Lipinski definition) is 0. The van der Waals surface area contributed by atoms with E-state index in [-0.39, 0.29) is 0 Å². The molecule has 0 aliphatic heterocycles. The Morgan fingerprint density at radius 3 is 2.76 bits per heavy atom. The highest BCUT2D eigenvalue weighted by molar-refractivity contribution is 7.98. The second-order valence-corrected chi connectivity index (χ2v) is 4.83. The zero-order valence-electron chi connectivity index (χ0n) is 9.39. The molecule has 0 N–H and O–H groups in total. The van der Waals surface area contributed by atoms with Crippen molar-refractivity contribution in [3.8, 4) is 5.75 Å². The first-order chi connectivity index (χ1) is 8.29. The number of nitrogens with zero attached hydrogens (tertiary/aromatic N) is 1. The van der Waals surface area contributed by atoms with E-state index in [1.807, 2.05) is 30.3 Å². The monoisotopic (exact) mass is 265 g/mol. The summed E-state index contributed by atoms with van der Waals surface area (Å²) in [6.45, 7) is 0. The van der Waals surface area contributed by atoms with Gasteiger partial charge in [0.05, 0.1) is 7.11 Å². The molecule has 17 heavy (non-hydrogen) atoms. The van der Waals surface area contributed by atoms with Crippen LogP contribution in [0.2, 0.25) is 5.15 Å². The Hall–Kier alpha value is -1.19. The molecule has 0 aliphatic rings. The molecule has 0 bridgehead atoms. The van der Waals surface area contributed by atoms with Crippen LogP contribution in [0.3, 0.4) is 0 Å². The normalized spacial score (nSPS) is 10.2. The van der Waals surface area contributed by atoms with Crippen molar-refractivity contribution in [1.29, 1.82) is 0 Å². The number of benzene rings is 1. The van der Waals surface area contributed by atoms with Gasteiger partial charge in [0.2, 0.25) is 0 Å². The highest BCUT2D eigenvalue weighted by atomic mass is 35.5. The lowest BCUT2D eigenvalue weighted by atomic mass is 10.3. The number of para-hydroxylation sites is 1. The average Bonchev–Trinajstić information content (AvgIpc) is 2.38. The molecule has 0 saturated heterocycles. The van der Waals surface area contributed by atoms with Crippen LogP contribution in [0.15, 0.2) is 47.5 Å². The lowest BCUT2D eigenvalue weighted by molar-refractivity contribution is 0.405. The third-order valence-corrected chi connectivity index (χ3v) is 3.60. The summed E-state index contributed by atoms with van der Waals surface area (Å²) in [5, 5.41) is 0.524. The Morgan fingerprint density at radius 2 is 2.06 bits per heavy atom. The molecule has 4 heteroatoms. The van der Waals surface area contributed by atoms with Gasteiger partial charge in [0.1, 0.15) is 10.9 Å². The summed E-state index contributed by atoms with van der Waals surface area (Å²) in [6, 6.07) is 11.8. The van der Waals surface area contributed by atoms with Gasteiger partial charge in [0.25, 0.3) is 0 Å². The van der Waals surface area contributed by atoms with Crippen LogP contribution in [0.5, 0.6) is 5.75 Å². The second kappa shape index (κ2) is 5.94. The Balaban J connectivity index is 2.04. The Labute approximate surface area is 110 Å². The standard InChI is InChI=1S/C13H12ClNOS/c1-16-11-4-2-3-5-12(11)17-9-10-6-7-13(14)15-8-10/h2-8H,9H2,1H3. The summed E-state index contributed by atoms with van der Waals surface area (Å²) in [5.74, 6) is 1.75. The molecule has 0 aliphatic carbocycles. The van der Waals surface area contributed by atoms with Crippen LogP contribution in [0.4, 0.5) is 0 Å². The fourth-order valence-corrected chi connectivity index (χ4v) is 2.46. The summed E-state index contributed by atoms with van der Waals surface area (Å²) < 4.78 is 5.30. The predicted molar refractivity (Wildman–Crippen MR) is 71.8 cm³/mol. The number of pyridine rings is 1. The van der Waals surface area contributed by atoms with E-state index in [1.54, 1.807) is 31.1 Å². The molecular weight excluding hydrogens is 254 g/mol. The topological polar surface area (TPSA) is 22.1 Å². The van der Waals surface area contributed by atoms with Gasteiger partial charge in [-0.25, -0.2) is 4.98 Å². The van der Waals surface area contributed by atoms with E-state index in [1.165, 1.54) is 0 Å². The van der Waals surface area contributed by atoms with E-state index < -0.39 is 0 Å². The molecule has 0 spiro atoms. The molecule has 0 saturated carbocycles. The number of ether oxygens (including phenoxy) is 1. The van der Waals surface area contributed by atoms with Gasteiger partial charge in [-0.1, -0.05) is 29.8 Å². The highest BCUT2D eigenvalue weighted by Crippen LogP contribution is 2.31. The molecule has 2 rings (SSSR count). The van der Waals surface area contributed by atoms with Crippen molar-refractivity contribution in [2.24, 2.45) is 0 Å². The van der Waals surface area contributed by atoms with Gasteiger partial charge in [-0.05, 0) is 23.8 Å². The predicted octanol–water partition coefficient (Wildman–Crippen LogP) is 4.04. The average molecular weight is 266 g/mol. The van der Waals surface area contributed by atoms with Crippen LogP contribution in [0.25, 0.3) is 0 Å². The van der Waals surface area contributed by atoms with Crippen molar-refractivity contribution in [3.63, 3.8) is 0 Å². The molecule has 0 unspecified atom stereocenters. The highest BCUT2D eigenvalue weighted by Gasteiger charge is 2.02. The summed E-state index contributed by atoms with van der Waals surface area (Å²) in [4.78, 5) is 5.18. The fraction of sp³-hybridized carbons (Fsp3) is 0.154. The van der Waals surface area contributed by atoms with Crippen LogP contribution >= 0.6 is 23.4 Å². The quantitative estimate of drug-likeness (QED) is 0.615. The first kappa shape index (κ1) is 12.3. The van der Waals surface area contributed by atoms with Gasteiger partial charge in [0, 0.05) is 16.8 Å². The number of halogens is 1. The summed E-state index contributed by atoms with van der Waals surface area (Å²) in [7, 11) is 1.68. The SMILES string of the molecule is COc1ccccc1SCc1ccc(Cl)nc1. The van der Waals surface area contributed by atoms with Crippen molar-refractivity contribution >= 4 is 23.4 Å². The molecule has 0 fully saturated rings. The van der Waals surface area contributed by atoms with Crippen molar-refractivity contribution in [3.05, 3.63) is 53.3 Å². The second-order valence-electron chi connectivity index (χ2n) is 3.43. The van der Waals surface area contributed by atoms with Crippen LogP contribution in [-0.2, 0) is 5.75 Å². The molecule has 2 aromatic rings. The summed E-state index contributed by atoms with van der Waals surface area (Å²) in [5.41, 5.74) is 1.14. The minimum Gasteiger partial charge on any atom is -0.496 e. The molecule has 1 aromatic carbocycles. The maximum Gasteiger partial charge on any atom is 0.132 e. The molecule has 1 heterocycles. The molecule has 0 amide bonds. The zero-order chi connectivity index (χ0) is 12.1. The van der Waals surface area contributed by atoms with Crippen LogP contribution in [-0.4, -0.2) is 12.1 Å². The molecule has 1 aromatic heterocycles. The van der Waals surface area contributed by atoms with Crippen molar-refractivity contribution < 1.29 is 4.74 Å². The lowest BCUT2D eigenvalue weighted by Crippen LogP contribution is -1.87.